The molecule has 1 rings (SSSR count). The van der Waals surface area contributed by atoms with Gasteiger partial charge in [-0.15, -0.1) is 0 Å². The largest absolute Gasteiger partial charge is 0.396 e. The van der Waals surface area contributed by atoms with Crippen LogP contribution in [0.25, 0.3) is 0 Å². The highest BCUT2D eigenvalue weighted by Gasteiger charge is 2.21. The summed E-state index contributed by atoms with van der Waals surface area (Å²) in [4.78, 5) is 3.91. The summed E-state index contributed by atoms with van der Waals surface area (Å²) >= 11 is 0. The molecule has 0 aliphatic rings. The van der Waals surface area contributed by atoms with E-state index >= 15 is 0 Å². The number of nitrogens with one attached hydrogen (secondary N) is 1. The number of nitrogen functional groups attached to an aromatic ring is 1. The summed E-state index contributed by atoms with van der Waals surface area (Å²) in [6.45, 7) is 6.50. The predicted octanol–water partition coefficient (Wildman–Crippen LogP) is 1.87. The van der Waals surface area contributed by atoms with Crippen molar-refractivity contribution in [3.63, 3.8) is 0 Å². The molecule has 1 unspecified atom stereocenters. The van der Waals surface area contributed by atoms with Gasteiger partial charge in [0.25, 0.3) is 0 Å². The Kier molecular flexibility index (Phi) is 4.12. The number of pyridine rings is 1. The molecule has 1 atom stereocenters. The molecule has 0 saturated carbocycles. The fourth-order valence-corrected chi connectivity index (χ4v) is 1.80. The number of hydrogen-bond acceptors (Lipinski definition) is 4. The SMILES string of the molecule is CC(C)CC(C)(O)CNc1ccncc1N. The van der Waals surface area contributed by atoms with E-state index in [1.54, 1.807) is 18.5 Å². The van der Waals surface area contributed by atoms with Crippen LogP contribution in [0.4, 0.5) is 11.4 Å². The van der Waals surface area contributed by atoms with Crippen molar-refractivity contribution in [2.24, 2.45) is 5.92 Å². The van der Waals surface area contributed by atoms with E-state index in [4.69, 9.17) is 5.73 Å². The van der Waals surface area contributed by atoms with Crippen molar-refractivity contribution in [3.8, 4) is 0 Å². The lowest BCUT2D eigenvalue weighted by Gasteiger charge is -2.26. The van der Waals surface area contributed by atoms with Crippen LogP contribution in [0.15, 0.2) is 18.5 Å². The summed E-state index contributed by atoms with van der Waals surface area (Å²) < 4.78 is 0. The molecule has 4 N–H and O–H groups in total. The molecule has 0 aromatic carbocycles. The Morgan fingerprint density at radius 1 is 1.56 bits per heavy atom. The second-order valence-electron chi connectivity index (χ2n) is 4.91. The molecule has 1 aromatic rings. The Balaban J connectivity index is 2.54. The van der Waals surface area contributed by atoms with Gasteiger partial charge in [0.05, 0.1) is 23.2 Å². The number of hydrogen-bond donors (Lipinski definition) is 3. The van der Waals surface area contributed by atoms with Crippen molar-refractivity contribution in [3.05, 3.63) is 18.5 Å². The first-order chi connectivity index (χ1) is 7.41. The summed E-state index contributed by atoms with van der Waals surface area (Å²) in [5.41, 5.74) is 6.44. The molecule has 1 aromatic heterocycles. The topological polar surface area (TPSA) is 71.2 Å². The second-order valence-corrected chi connectivity index (χ2v) is 4.91. The highest BCUT2D eigenvalue weighted by molar-refractivity contribution is 5.64. The van der Waals surface area contributed by atoms with E-state index in [0.29, 0.717) is 18.2 Å². The van der Waals surface area contributed by atoms with Crippen LogP contribution in [-0.4, -0.2) is 22.2 Å². The zero-order chi connectivity index (χ0) is 12.2. The van der Waals surface area contributed by atoms with Crippen molar-refractivity contribution in [2.45, 2.75) is 32.8 Å². The number of rotatable bonds is 5. The Morgan fingerprint density at radius 2 is 2.25 bits per heavy atom. The van der Waals surface area contributed by atoms with Crippen LogP contribution in [0.3, 0.4) is 0 Å². The van der Waals surface area contributed by atoms with Crippen LogP contribution in [0.2, 0.25) is 0 Å². The molecule has 0 amide bonds. The second kappa shape index (κ2) is 5.16. The molecule has 1 heterocycles. The molecule has 0 aliphatic heterocycles. The average Bonchev–Trinajstić information content (AvgIpc) is 2.14. The molecule has 4 nitrogen and oxygen atoms in total. The Morgan fingerprint density at radius 3 is 2.81 bits per heavy atom. The molecule has 0 spiro atoms. The molecular weight excluding hydrogens is 202 g/mol. The summed E-state index contributed by atoms with van der Waals surface area (Å²) in [5.74, 6) is 0.464. The Labute approximate surface area is 96.9 Å². The first kappa shape index (κ1) is 12.8. The minimum Gasteiger partial charge on any atom is -0.396 e. The summed E-state index contributed by atoms with van der Waals surface area (Å²) in [6, 6.07) is 1.81. The van der Waals surface area contributed by atoms with E-state index in [2.05, 4.69) is 24.1 Å². The van der Waals surface area contributed by atoms with Gasteiger partial charge in [-0.2, -0.15) is 0 Å². The van der Waals surface area contributed by atoms with Crippen LogP contribution in [0, 0.1) is 5.92 Å². The standard InChI is InChI=1S/C12H21N3O/c1-9(2)6-12(3,16)8-15-11-4-5-14-7-10(11)13/h4-5,7,9,16H,6,8,13H2,1-3H3,(H,14,15). The molecule has 0 bridgehead atoms. The van der Waals surface area contributed by atoms with Crippen LogP contribution in [-0.2, 0) is 0 Å². The molecule has 0 fully saturated rings. The van der Waals surface area contributed by atoms with Gasteiger partial charge in [-0.1, -0.05) is 13.8 Å². The molecular formula is C12H21N3O. The van der Waals surface area contributed by atoms with E-state index in [1.807, 2.05) is 6.92 Å². The quantitative estimate of drug-likeness (QED) is 0.712. The number of aromatic nitrogens is 1. The van der Waals surface area contributed by atoms with Crippen LogP contribution >= 0.6 is 0 Å². The van der Waals surface area contributed by atoms with Crippen molar-refractivity contribution in [2.75, 3.05) is 17.6 Å². The fourth-order valence-electron chi connectivity index (χ4n) is 1.80. The summed E-state index contributed by atoms with van der Waals surface area (Å²) in [7, 11) is 0. The van der Waals surface area contributed by atoms with Gasteiger partial charge < -0.3 is 16.2 Å². The van der Waals surface area contributed by atoms with Crippen molar-refractivity contribution in [1.82, 2.24) is 4.98 Å². The minimum atomic E-state index is -0.718. The fraction of sp³-hybridized carbons (Fsp3) is 0.583. The highest BCUT2D eigenvalue weighted by Crippen LogP contribution is 2.20. The van der Waals surface area contributed by atoms with Gasteiger partial charge in [-0.3, -0.25) is 4.98 Å². The van der Waals surface area contributed by atoms with Gasteiger partial charge in [0, 0.05) is 12.7 Å². The normalized spacial score (nSPS) is 14.8. The number of anilines is 2. The van der Waals surface area contributed by atoms with Crippen LogP contribution in [0.1, 0.15) is 27.2 Å². The smallest absolute Gasteiger partial charge is 0.0793 e. The lowest BCUT2D eigenvalue weighted by molar-refractivity contribution is 0.0516. The third-order valence-electron chi connectivity index (χ3n) is 2.36. The highest BCUT2D eigenvalue weighted by atomic mass is 16.3. The first-order valence-corrected chi connectivity index (χ1v) is 5.56. The van der Waals surface area contributed by atoms with Crippen LogP contribution < -0.4 is 11.1 Å². The van der Waals surface area contributed by atoms with Crippen molar-refractivity contribution in [1.29, 1.82) is 0 Å². The maximum Gasteiger partial charge on any atom is 0.0793 e. The van der Waals surface area contributed by atoms with Crippen molar-refractivity contribution < 1.29 is 5.11 Å². The van der Waals surface area contributed by atoms with Gasteiger partial charge in [-0.05, 0) is 25.3 Å². The van der Waals surface area contributed by atoms with Gasteiger partial charge in [0.1, 0.15) is 0 Å². The van der Waals surface area contributed by atoms with E-state index in [-0.39, 0.29) is 0 Å². The maximum atomic E-state index is 10.1. The Bertz CT molecular complexity index is 337. The lowest BCUT2D eigenvalue weighted by Crippen LogP contribution is -2.35. The van der Waals surface area contributed by atoms with Crippen molar-refractivity contribution >= 4 is 11.4 Å². The van der Waals surface area contributed by atoms with Gasteiger partial charge in [-0.25, -0.2) is 0 Å². The third kappa shape index (κ3) is 4.06. The average molecular weight is 223 g/mol. The van der Waals surface area contributed by atoms with E-state index < -0.39 is 5.60 Å². The zero-order valence-electron chi connectivity index (χ0n) is 10.2. The molecule has 0 radical (unpaired) electrons. The van der Waals surface area contributed by atoms with Gasteiger partial charge >= 0.3 is 0 Å². The zero-order valence-corrected chi connectivity index (χ0v) is 10.2. The minimum absolute atomic E-state index is 0.464. The van der Waals surface area contributed by atoms with Gasteiger partial charge in [0.15, 0.2) is 0 Å². The molecule has 16 heavy (non-hydrogen) atoms. The number of aliphatic hydroxyl groups is 1. The molecule has 0 aliphatic carbocycles. The van der Waals surface area contributed by atoms with E-state index in [0.717, 1.165) is 12.1 Å². The van der Waals surface area contributed by atoms with E-state index in [1.165, 1.54) is 0 Å². The molecule has 90 valence electrons. The maximum absolute atomic E-state index is 10.1. The third-order valence-corrected chi connectivity index (χ3v) is 2.36. The summed E-state index contributed by atoms with van der Waals surface area (Å²) in [6.07, 6.45) is 4.03. The molecule has 4 heteroatoms. The van der Waals surface area contributed by atoms with E-state index in [9.17, 15) is 5.11 Å². The lowest BCUT2D eigenvalue weighted by atomic mass is 9.94. The predicted molar refractivity (Wildman–Crippen MR) is 67.2 cm³/mol. The molecule has 0 saturated heterocycles. The number of nitrogens with two attached hydrogens (primary N) is 1. The Hall–Kier alpha value is -1.29. The summed E-state index contributed by atoms with van der Waals surface area (Å²) in [5, 5.41) is 13.3. The first-order valence-electron chi connectivity index (χ1n) is 5.56. The van der Waals surface area contributed by atoms with Gasteiger partial charge in [0.2, 0.25) is 0 Å². The van der Waals surface area contributed by atoms with Crippen LogP contribution in [0.5, 0.6) is 0 Å². The number of nitrogens with zero attached hydrogens (tertiary/aromatic N) is 1. The monoisotopic (exact) mass is 223 g/mol.